The van der Waals surface area contributed by atoms with Gasteiger partial charge in [0.2, 0.25) is 0 Å². The Hall–Kier alpha value is -1.75. The number of pyridine rings is 1. The van der Waals surface area contributed by atoms with E-state index >= 15 is 0 Å². The maximum absolute atomic E-state index is 13.1. The van der Waals surface area contributed by atoms with Crippen LogP contribution >= 0.6 is 0 Å². The highest BCUT2D eigenvalue weighted by atomic mass is 19.1. The van der Waals surface area contributed by atoms with Gasteiger partial charge in [0.1, 0.15) is 11.5 Å². The molecule has 1 N–H and O–H groups in total. The lowest BCUT2D eigenvalue weighted by molar-refractivity contribution is 0.617. The molecule has 0 bridgehead atoms. The van der Waals surface area contributed by atoms with E-state index in [9.17, 15) is 9.18 Å². The van der Waals surface area contributed by atoms with Gasteiger partial charge in [-0.2, -0.15) is 0 Å². The van der Waals surface area contributed by atoms with Crippen molar-refractivity contribution in [3.05, 3.63) is 46.3 Å². The second-order valence-electron chi connectivity index (χ2n) is 4.24. The quantitative estimate of drug-likeness (QED) is 0.806. The van der Waals surface area contributed by atoms with Crippen molar-refractivity contribution in [2.24, 2.45) is 0 Å². The molecule has 0 aliphatic carbocycles. The molecule has 1 aliphatic heterocycles. The molecule has 2 aromatic rings. The molecule has 4 nitrogen and oxygen atoms in total. The van der Waals surface area contributed by atoms with E-state index in [0.29, 0.717) is 11.3 Å². The zero-order valence-electron chi connectivity index (χ0n) is 9.19. The van der Waals surface area contributed by atoms with Gasteiger partial charge in [0.15, 0.2) is 0 Å². The Bertz CT molecular complexity index is 617. The summed E-state index contributed by atoms with van der Waals surface area (Å²) >= 11 is 0. The SMILES string of the molecule is O=c1cc(C2CCCN2)nc2cc(F)ccn12. The minimum absolute atomic E-state index is 0.121. The highest BCUT2D eigenvalue weighted by Crippen LogP contribution is 2.20. The van der Waals surface area contributed by atoms with E-state index in [1.54, 1.807) is 0 Å². The summed E-state index contributed by atoms with van der Waals surface area (Å²) in [7, 11) is 0. The topological polar surface area (TPSA) is 46.4 Å². The normalized spacial score (nSPS) is 19.9. The first kappa shape index (κ1) is 10.4. The number of aromatic nitrogens is 2. The highest BCUT2D eigenvalue weighted by molar-refractivity contribution is 5.39. The Morgan fingerprint density at radius 2 is 2.35 bits per heavy atom. The molecule has 3 heterocycles. The van der Waals surface area contributed by atoms with Crippen LogP contribution in [-0.4, -0.2) is 15.9 Å². The molecule has 88 valence electrons. The van der Waals surface area contributed by atoms with Crippen molar-refractivity contribution in [1.82, 2.24) is 14.7 Å². The number of fused-ring (bicyclic) bond motifs is 1. The molecular formula is C12H12FN3O. The van der Waals surface area contributed by atoms with Crippen LogP contribution in [0, 0.1) is 5.82 Å². The molecule has 1 saturated heterocycles. The molecular weight excluding hydrogens is 221 g/mol. The molecule has 17 heavy (non-hydrogen) atoms. The van der Waals surface area contributed by atoms with Gasteiger partial charge in [-0.25, -0.2) is 9.37 Å². The summed E-state index contributed by atoms with van der Waals surface area (Å²) in [5.41, 5.74) is 0.901. The van der Waals surface area contributed by atoms with Gasteiger partial charge in [0, 0.05) is 24.4 Å². The van der Waals surface area contributed by atoms with Crippen LogP contribution in [0.1, 0.15) is 24.6 Å². The lowest BCUT2D eigenvalue weighted by Crippen LogP contribution is -2.21. The van der Waals surface area contributed by atoms with E-state index in [1.165, 1.54) is 28.8 Å². The van der Waals surface area contributed by atoms with E-state index in [2.05, 4.69) is 10.3 Å². The lowest BCUT2D eigenvalue weighted by Gasteiger charge is -2.10. The number of rotatable bonds is 1. The fourth-order valence-corrected chi connectivity index (χ4v) is 2.21. The van der Waals surface area contributed by atoms with Gasteiger partial charge in [-0.15, -0.1) is 0 Å². The van der Waals surface area contributed by atoms with E-state index in [0.717, 1.165) is 19.4 Å². The summed E-state index contributed by atoms with van der Waals surface area (Å²) in [6, 6.07) is 4.17. The Morgan fingerprint density at radius 1 is 1.47 bits per heavy atom. The monoisotopic (exact) mass is 233 g/mol. The summed E-state index contributed by atoms with van der Waals surface area (Å²) in [5.74, 6) is -0.381. The molecule has 1 aliphatic rings. The molecule has 1 fully saturated rings. The maximum Gasteiger partial charge on any atom is 0.258 e. The zero-order chi connectivity index (χ0) is 11.8. The van der Waals surface area contributed by atoms with Gasteiger partial charge in [-0.1, -0.05) is 0 Å². The third kappa shape index (κ3) is 1.82. The van der Waals surface area contributed by atoms with Gasteiger partial charge < -0.3 is 5.32 Å². The first-order chi connectivity index (χ1) is 8.24. The first-order valence-electron chi connectivity index (χ1n) is 5.66. The summed E-state index contributed by atoms with van der Waals surface area (Å²) < 4.78 is 14.5. The Kier molecular flexibility index (Phi) is 2.40. The molecule has 0 aromatic carbocycles. The van der Waals surface area contributed by atoms with Crippen LogP contribution in [0.2, 0.25) is 0 Å². The Labute approximate surface area is 97.1 Å². The molecule has 1 unspecified atom stereocenters. The molecule has 2 aromatic heterocycles. The average molecular weight is 233 g/mol. The van der Waals surface area contributed by atoms with Crippen LogP contribution in [-0.2, 0) is 0 Å². The van der Waals surface area contributed by atoms with E-state index in [4.69, 9.17) is 0 Å². The van der Waals surface area contributed by atoms with Gasteiger partial charge in [-0.05, 0) is 25.5 Å². The Balaban J connectivity index is 2.18. The summed E-state index contributed by atoms with van der Waals surface area (Å²) in [6.45, 7) is 0.939. The second-order valence-corrected chi connectivity index (χ2v) is 4.24. The first-order valence-corrected chi connectivity index (χ1v) is 5.66. The smallest absolute Gasteiger partial charge is 0.258 e. The van der Waals surface area contributed by atoms with Crippen molar-refractivity contribution in [3.8, 4) is 0 Å². The third-order valence-corrected chi connectivity index (χ3v) is 3.07. The predicted molar refractivity (Wildman–Crippen MR) is 61.4 cm³/mol. The fourth-order valence-electron chi connectivity index (χ4n) is 2.21. The summed E-state index contributed by atoms with van der Waals surface area (Å²) in [5, 5.41) is 3.28. The lowest BCUT2D eigenvalue weighted by atomic mass is 10.1. The molecule has 3 rings (SSSR count). The van der Waals surface area contributed by atoms with Crippen LogP contribution in [0.15, 0.2) is 29.2 Å². The molecule has 0 saturated carbocycles. The van der Waals surface area contributed by atoms with Crippen LogP contribution in [0.5, 0.6) is 0 Å². The molecule has 5 heteroatoms. The summed E-state index contributed by atoms with van der Waals surface area (Å²) in [4.78, 5) is 16.2. The number of hydrogen-bond acceptors (Lipinski definition) is 3. The van der Waals surface area contributed by atoms with E-state index < -0.39 is 0 Å². The number of nitrogens with one attached hydrogen (secondary N) is 1. The van der Waals surface area contributed by atoms with Gasteiger partial charge >= 0.3 is 0 Å². The van der Waals surface area contributed by atoms with Crippen molar-refractivity contribution >= 4 is 5.65 Å². The minimum atomic E-state index is -0.381. The maximum atomic E-state index is 13.1. The standard InChI is InChI=1S/C12H12FN3O/c13-8-3-5-16-11(6-8)15-10(7-12(16)17)9-2-1-4-14-9/h3,5-7,9,14H,1-2,4H2. The van der Waals surface area contributed by atoms with Crippen LogP contribution in [0.4, 0.5) is 4.39 Å². The van der Waals surface area contributed by atoms with E-state index in [1.807, 2.05) is 0 Å². The van der Waals surface area contributed by atoms with Crippen molar-refractivity contribution in [1.29, 1.82) is 0 Å². The van der Waals surface area contributed by atoms with Crippen molar-refractivity contribution in [2.45, 2.75) is 18.9 Å². The van der Waals surface area contributed by atoms with Gasteiger partial charge in [0.25, 0.3) is 5.56 Å². The molecule has 0 radical (unpaired) electrons. The fraction of sp³-hybridized carbons (Fsp3) is 0.333. The zero-order valence-corrected chi connectivity index (χ0v) is 9.19. The van der Waals surface area contributed by atoms with Crippen LogP contribution < -0.4 is 10.9 Å². The highest BCUT2D eigenvalue weighted by Gasteiger charge is 2.18. The van der Waals surface area contributed by atoms with Gasteiger partial charge in [0.05, 0.1) is 5.69 Å². The molecule has 0 amide bonds. The second kappa shape index (κ2) is 3.92. The van der Waals surface area contributed by atoms with Crippen molar-refractivity contribution in [2.75, 3.05) is 6.54 Å². The van der Waals surface area contributed by atoms with Crippen LogP contribution in [0.3, 0.4) is 0 Å². The molecule has 0 spiro atoms. The summed E-state index contributed by atoms with van der Waals surface area (Å²) in [6.07, 6.45) is 3.46. The van der Waals surface area contributed by atoms with E-state index in [-0.39, 0.29) is 17.4 Å². The van der Waals surface area contributed by atoms with Crippen LogP contribution in [0.25, 0.3) is 5.65 Å². The largest absolute Gasteiger partial charge is 0.309 e. The van der Waals surface area contributed by atoms with Crippen molar-refractivity contribution < 1.29 is 4.39 Å². The molecule has 1 atom stereocenters. The Morgan fingerprint density at radius 3 is 3.12 bits per heavy atom. The number of hydrogen-bond donors (Lipinski definition) is 1. The number of halogens is 1. The van der Waals surface area contributed by atoms with Gasteiger partial charge in [-0.3, -0.25) is 9.20 Å². The van der Waals surface area contributed by atoms with Crippen molar-refractivity contribution in [3.63, 3.8) is 0 Å². The third-order valence-electron chi connectivity index (χ3n) is 3.07. The average Bonchev–Trinajstić information content (AvgIpc) is 2.81. The minimum Gasteiger partial charge on any atom is -0.309 e. The predicted octanol–water partition coefficient (Wildman–Crippen LogP) is 1.26. The number of nitrogens with zero attached hydrogens (tertiary/aromatic N) is 2.